The molecule has 1 aliphatic heterocycles. The van der Waals surface area contributed by atoms with Gasteiger partial charge in [-0.2, -0.15) is 0 Å². The summed E-state index contributed by atoms with van der Waals surface area (Å²) in [5, 5.41) is 46.1. The number of aliphatic hydroxyl groups excluding tert-OH is 4. The lowest BCUT2D eigenvalue weighted by molar-refractivity contribution is -0.310. The molecule has 106 valence electrons. The van der Waals surface area contributed by atoms with Gasteiger partial charge in [-0.25, -0.2) is 0 Å². The van der Waals surface area contributed by atoms with Gasteiger partial charge >= 0.3 is 5.97 Å². The zero-order valence-corrected chi connectivity index (χ0v) is 9.84. The Kier molecular flexibility index (Phi) is 5.45. The maximum absolute atomic E-state index is 10.5. The molecule has 0 spiro atoms. The highest BCUT2D eigenvalue weighted by Gasteiger charge is 2.44. The number of ether oxygens (including phenoxy) is 2. The van der Waals surface area contributed by atoms with Gasteiger partial charge in [0.2, 0.25) is 0 Å². The molecular formula is C10H18O8. The zero-order chi connectivity index (χ0) is 13.9. The van der Waals surface area contributed by atoms with Crippen molar-refractivity contribution in [3.63, 3.8) is 0 Å². The maximum atomic E-state index is 10.5. The van der Waals surface area contributed by atoms with E-state index < -0.39 is 49.4 Å². The third kappa shape index (κ3) is 3.61. The standard InChI is InChI=1S/C10H18O8/c1-4(2-6(12)13)17-10-9(16)8(15)7(14)5(3-11)18-10/h4-5,7-11,14-16H,2-3H2,1H3,(H,12,13)/t4?,5?,7-,8+,9?,10+/m1/s1. The fourth-order valence-corrected chi connectivity index (χ4v) is 1.70. The number of carboxylic acids is 1. The van der Waals surface area contributed by atoms with Crippen molar-refractivity contribution < 1.29 is 39.8 Å². The van der Waals surface area contributed by atoms with Crippen molar-refractivity contribution in [2.75, 3.05) is 6.61 Å². The van der Waals surface area contributed by atoms with E-state index in [2.05, 4.69) is 0 Å². The first kappa shape index (κ1) is 15.3. The molecule has 0 amide bonds. The van der Waals surface area contributed by atoms with Gasteiger partial charge in [0.15, 0.2) is 6.29 Å². The third-order valence-electron chi connectivity index (χ3n) is 2.68. The summed E-state index contributed by atoms with van der Waals surface area (Å²) < 4.78 is 10.2. The monoisotopic (exact) mass is 266 g/mol. The number of hydrogen-bond acceptors (Lipinski definition) is 7. The van der Waals surface area contributed by atoms with Gasteiger partial charge in [0, 0.05) is 0 Å². The lowest BCUT2D eigenvalue weighted by Crippen LogP contribution is -2.59. The minimum absolute atomic E-state index is 0.297. The molecule has 18 heavy (non-hydrogen) atoms. The van der Waals surface area contributed by atoms with E-state index in [0.717, 1.165) is 0 Å². The van der Waals surface area contributed by atoms with Crippen LogP contribution in [0.4, 0.5) is 0 Å². The van der Waals surface area contributed by atoms with Crippen LogP contribution in [0, 0.1) is 0 Å². The van der Waals surface area contributed by atoms with Gasteiger partial charge in [-0.05, 0) is 6.92 Å². The van der Waals surface area contributed by atoms with E-state index in [0.29, 0.717) is 0 Å². The van der Waals surface area contributed by atoms with Gasteiger partial charge in [-0.15, -0.1) is 0 Å². The van der Waals surface area contributed by atoms with Crippen LogP contribution in [0.3, 0.4) is 0 Å². The second kappa shape index (κ2) is 6.41. The van der Waals surface area contributed by atoms with Crippen LogP contribution >= 0.6 is 0 Å². The molecule has 5 N–H and O–H groups in total. The molecular weight excluding hydrogens is 248 g/mol. The maximum Gasteiger partial charge on any atom is 0.305 e. The van der Waals surface area contributed by atoms with Crippen LogP contribution in [0.1, 0.15) is 13.3 Å². The van der Waals surface area contributed by atoms with Crippen molar-refractivity contribution in [1.82, 2.24) is 0 Å². The second-order valence-corrected chi connectivity index (χ2v) is 4.24. The summed E-state index contributed by atoms with van der Waals surface area (Å²) in [6.45, 7) is 0.910. The molecule has 0 radical (unpaired) electrons. The van der Waals surface area contributed by atoms with E-state index in [1.165, 1.54) is 6.92 Å². The van der Waals surface area contributed by atoms with Gasteiger partial charge in [0.25, 0.3) is 0 Å². The smallest absolute Gasteiger partial charge is 0.305 e. The van der Waals surface area contributed by atoms with Crippen LogP contribution in [0.5, 0.6) is 0 Å². The molecule has 1 saturated heterocycles. The van der Waals surface area contributed by atoms with Gasteiger partial charge in [0.1, 0.15) is 24.4 Å². The summed E-state index contributed by atoms with van der Waals surface area (Å²) in [4.78, 5) is 10.5. The van der Waals surface area contributed by atoms with E-state index in [1.54, 1.807) is 0 Å². The number of carboxylic acid groups (broad SMARTS) is 1. The number of rotatable bonds is 5. The van der Waals surface area contributed by atoms with Crippen molar-refractivity contribution in [3.05, 3.63) is 0 Å². The second-order valence-electron chi connectivity index (χ2n) is 4.24. The zero-order valence-electron chi connectivity index (χ0n) is 9.84. The average Bonchev–Trinajstić information content (AvgIpc) is 2.29. The topological polar surface area (TPSA) is 137 Å². The molecule has 8 heteroatoms. The lowest BCUT2D eigenvalue weighted by atomic mass is 9.99. The van der Waals surface area contributed by atoms with E-state index in [1.807, 2.05) is 0 Å². The summed E-state index contributed by atoms with van der Waals surface area (Å²) >= 11 is 0. The van der Waals surface area contributed by atoms with Crippen LogP contribution in [-0.4, -0.2) is 74.9 Å². The van der Waals surface area contributed by atoms with Crippen molar-refractivity contribution in [2.45, 2.75) is 50.2 Å². The van der Waals surface area contributed by atoms with E-state index in [9.17, 15) is 20.1 Å². The highest BCUT2D eigenvalue weighted by molar-refractivity contribution is 5.67. The Morgan fingerprint density at radius 3 is 2.39 bits per heavy atom. The Bertz CT molecular complexity index is 281. The molecule has 0 aromatic rings. The number of hydrogen-bond donors (Lipinski definition) is 5. The molecule has 0 aromatic carbocycles. The van der Waals surface area contributed by atoms with Crippen LogP contribution < -0.4 is 0 Å². The van der Waals surface area contributed by atoms with Crippen LogP contribution in [0.2, 0.25) is 0 Å². The van der Waals surface area contributed by atoms with E-state index in [4.69, 9.17) is 19.7 Å². The van der Waals surface area contributed by atoms with Crippen LogP contribution in [0.25, 0.3) is 0 Å². The fourth-order valence-electron chi connectivity index (χ4n) is 1.70. The molecule has 0 aromatic heterocycles. The Morgan fingerprint density at radius 2 is 1.89 bits per heavy atom. The molecule has 0 bridgehead atoms. The fraction of sp³-hybridized carbons (Fsp3) is 0.900. The minimum atomic E-state index is -1.53. The Labute approximate surface area is 103 Å². The number of aliphatic hydroxyl groups is 4. The SMILES string of the molecule is CC(CC(=O)O)O[C@H]1OC(CO)[C@@H](O)[C@H](O)C1O. The van der Waals surface area contributed by atoms with Gasteiger partial charge < -0.3 is 35.0 Å². The van der Waals surface area contributed by atoms with E-state index >= 15 is 0 Å². The van der Waals surface area contributed by atoms with Crippen molar-refractivity contribution in [1.29, 1.82) is 0 Å². The molecule has 1 rings (SSSR count). The Balaban J connectivity index is 2.61. The van der Waals surface area contributed by atoms with Gasteiger partial charge in [0.05, 0.1) is 19.1 Å². The van der Waals surface area contributed by atoms with Crippen molar-refractivity contribution >= 4 is 5.97 Å². The van der Waals surface area contributed by atoms with E-state index in [-0.39, 0.29) is 6.42 Å². The summed E-state index contributed by atoms with van der Waals surface area (Å²) in [6, 6.07) is 0. The summed E-state index contributed by atoms with van der Waals surface area (Å²) in [5.41, 5.74) is 0. The van der Waals surface area contributed by atoms with Crippen LogP contribution in [-0.2, 0) is 14.3 Å². The highest BCUT2D eigenvalue weighted by atomic mass is 16.7. The molecule has 1 heterocycles. The van der Waals surface area contributed by atoms with Gasteiger partial charge in [-0.1, -0.05) is 0 Å². The van der Waals surface area contributed by atoms with Crippen molar-refractivity contribution in [2.24, 2.45) is 0 Å². The molecule has 1 fully saturated rings. The highest BCUT2D eigenvalue weighted by Crippen LogP contribution is 2.23. The first-order valence-corrected chi connectivity index (χ1v) is 5.54. The molecule has 0 aliphatic carbocycles. The summed E-state index contributed by atoms with van der Waals surface area (Å²) in [6.07, 6.45) is -7.91. The predicted molar refractivity (Wildman–Crippen MR) is 56.6 cm³/mol. The molecule has 3 unspecified atom stereocenters. The lowest BCUT2D eigenvalue weighted by Gasteiger charge is -2.40. The minimum Gasteiger partial charge on any atom is -0.481 e. The van der Waals surface area contributed by atoms with Crippen LogP contribution in [0.15, 0.2) is 0 Å². The first-order chi connectivity index (χ1) is 8.36. The quantitative estimate of drug-likeness (QED) is 0.373. The molecule has 6 atom stereocenters. The summed E-state index contributed by atoms with van der Waals surface area (Å²) in [7, 11) is 0. The predicted octanol–water partition coefficient (Wildman–Crippen LogP) is -2.33. The number of aliphatic carboxylic acids is 1. The average molecular weight is 266 g/mol. The normalized spacial score (nSPS) is 38.4. The Morgan fingerprint density at radius 1 is 1.28 bits per heavy atom. The molecule has 0 saturated carbocycles. The Hall–Kier alpha value is -0.770. The van der Waals surface area contributed by atoms with Crippen molar-refractivity contribution in [3.8, 4) is 0 Å². The number of carbonyl (C=O) groups is 1. The molecule has 8 nitrogen and oxygen atoms in total. The summed E-state index contributed by atoms with van der Waals surface area (Å²) in [5.74, 6) is -1.08. The largest absolute Gasteiger partial charge is 0.481 e. The molecule has 1 aliphatic rings. The first-order valence-electron chi connectivity index (χ1n) is 5.54. The third-order valence-corrected chi connectivity index (χ3v) is 2.68. The van der Waals surface area contributed by atoms with Gasteiger partial charge in [-0.3, -0.25) is 4.79 Å².